The van der Waals surface area contributed by atoms with Crippen molar-refractivity contribution in [3.05, 3.63) is 151 Å². The number of pyridine rings is 2. The van der Waals surface area contributed by atoms with Gasteiger partial charge in [0, 0.05) is 56.7 Å². The molecule has 0 unspecified atom stereocenters. The zero-order valence-corrected chi connectivity index (χ0v) is 26.1. The first-order chi connectivity index (χ1) is 22.4. The normalized spacial score (nSPS) is 11.8. The van der Waals surface area contributed by atoms with Gasteiger partial charge in [0.1, 0.15) is 11.3 Å². The van der Waals surface area contributed by atoms with Crippen LogP contribution in [0.4, 0.5) is 17.1 Å². The van der Waals surface area contributed by atoms with Crippen molar-refractivity contribution in [2.24, 2.45) is 0 Å². The molecule has 4 heteroatoms. The number of hydrogen-bond acceptors (Lipinski definition) is 4. The van der Waals surface area contributed by atoms with Gasteiger partial charge in [0.25, 0.3) is 0 Å². The summed E-state index contributed by atoms with van der Waals surface area (Å²) in [5.74, 6) is 0. The molecule has 0 N–H and O–H groups in total. The number of fused-ring (bicyclic) bond motifs is 5. The van der Waals surface area contributed by atoms with Crippen LogP contribution in [0.1, 0.15) is 26.3 Å². The highest BCUT2D eigenvalue weighted by Gasteiger charge is 2.19. The van der Waals surface area contributed by atoms with Crippen LogP contribution in [-0.4, -0.2) is 9.97 Å². The van der Waals surface area contributed by atoms with E-state index < -0.39 is 0 Å². The van der Waals surface area contributed by atoms with Gasteiger partial charge in [0.15, 0.2) is 5.58 Å². The summed E-state index contributed by atoms with van der Waals surface area (Å²) >= 11 is 0. The van der Waals surface area contributed by atoms with Crippen LogP contribution in [0.3, 0.4) is 0 Å². The highest BCUT2D eigenvalue weighted by atomic mass is 16.3. The highest BCUT2D eigenvalue weighted by molar-refractivity contribution is 6.16. The van der Waals surface area contributed by atoms with Crippen LogP contribution in [0, 0.1) is 0 Å². The van der Waals surface area contributed by atoms with Gasteiger partial charge in [-0.25, -0.2) is 0 Å². The van der Waals surface area contributed by atoms with Gasteiger partial charge >= 0.3 is 0 Å². The minimum atomic E-state index is 0.0373. The number of furan rings is 1. The topological polar surface area (TPSA) is 42.2 Å². The van der Waals surface area contributed by atoms with Gasteiger partial charge in [-0.3, -0.25) is 9.97 Å². The number of aromatic nitrogens is 2. The third-order valence-corrected chi connectivity index (χ3v) is 8.70. The molecule has 0 aliphatic rings. The highest BCUT2D eigenvalue weighted by Crippen LogP contribution is 2.41. The summed E-state index contributed by atoms with van der Waals surface area (Å²) in [6, 6.07) is 46.7. The Bertz CT molecular complexity index is 2370. The maximum Gasteiger partial charge on any atom is 0.161 e. The summed E-state index contributed by atoms with van der Waals surface area (Å²) < 4.78 is 6.64. The van der Waals surface area contributed by atoms with Gasteiger partial charge in [0.2, 0.25) is 0 Å². The van der Waals surface area contributed by atoms with Crippen molar-refractivity contribution in [2.75, 3.05) is 4.90 Å². The molecule has 222 valence electrons. The Kier molecular flexibility index (Phi) is 6.65. The van der Waals surface area contributed by atoms with Gasteiger partial charge < -0.3 is 9.32 Å². The Morgan fingerprint density at radius 1 is 0.522 bits per heavy atom. The standard InChI is InChI=1S/C42H33N3O/c1-42(2,3)31-21-23-43-38(27-31)29-12-9-16-33(25-29)45(32-14-5-4-6-15-32)34-17-10-13-30(26-34)39-41-37(22-24-44-39)36-20-19-28-11-7-8-18-35(28)40(36)46-41/h4-27H,1-3H3. The van der Waals surface area contributed by atoms with Crippen LogP contribution in [0.2, 0.25) is 0 Å². The molecule has 0 spiro atoms. The number of benzene rings is 5. The lowest BCUT2D eigenvalue weighted by atomic mass is 9.87. The minimum absolute atomic E-state index is 0.0373. The van der Waals surface area contributed by atoms with Gasteiger partial charge in [-0.15, -0.1) is 0 Å². The molecule has 0 saturated carbocycles. The van der Waals surface area contributed by atoms with Gasteiger partial charge in [-0.05, 0) is 77.0 Å². The molecule has 0 bridgehead atoms. The first-order valence-electron chi connectivity index (χ1n) is 15.7. The number of rotatable bonds is 5. The summed E-state index contributed by atoms with van der Waals surface area (Å²) in [6.07, 6.45) is 3.79. The SMILES string of the molecule is CC(C)(C)c1ccnc(-c2cccc(N(c3ccccc3)c3cccc(-c4nccc5c4oc4c6ccccc6ccc54)c3)c2)c1. The number of hydrogen-bond donors (Lipinski definition) is 0. The number of para-hydroxylation sites is 1. The fourth-order valence-corrected chi connectivity index (χ4v) is 6.31. The van der Waals surface area contributed by atoms with Crippen molar-refractivity contribution in [1.82, 2.24) is 9.97 Å². The van der Waals surface area contributed by atoms with Crippen LogP contribution in [0.25, 0.3) is 55.2 Å². The second kappa shape index (κ2) is 11.0. The molecule has 0 aliphatic carbocycles. The molecule has 0 saturated heterocycles. The van der Waals surface area contributed by atoms with E-state index in [0.717, 1.165) is 72.3 Å². The number of nitrogens with zero attached hydrogens (tertiary/aromatic N) is 3. The van der Waals surface area contributed by atoms with Crippen molar-refractivity contribution in [3.8, 4) is 22.5 Å². The van der Waals surface area contributed by atoms with Crippen LogP contribution >= 0.6 is 0 Å². The average Bonchev–Trinajstić information content (AvgIpc) is 3.49. The predicted molar refractivity (Wildman–Crippen MR) is 191 cm³/mol. The molecule has 46 heavy (non-hydrogen) atoms. The van der Waals surface area contributed by atoms with E-state index >= 15 is 0 Å². The van der Waals surface area contributed by atoms with Crippen LogP contribution in [-0.2, 0) is 5.41 Å². The molecule has 0 amide bonds. The third-order valence-electron chi connectivity index (χ3n) is 8.70. The monoisotopic (exact) mass is 595 g/mol. The zero-order chi connectivity index (χ0) is 31.3. The summed E-state index contributed by atoms with van der Waals surface area (Å²) in [5, 5.41) is 4.43. The van der Waals surface area contributed by atoms with E-state index in [-0.39, 0.29) is 5.41 Å². The van der Waals surface area contributed by atoms with Crippen molar-refractivity contribution >= 4 is 49.8 Å². The largest absolute Gasteiger partial charge is 0.453 e. The van der Waals surface area contributed by atoms with E-state index in [9.17, 15) is 0 Å². The van der Waals surface area contributed by atoms with Gasteiger partial charge in [-0.2, -0.15) is 0 Å². The molecule has 8 rings (SSSR count). The first kappa shape index (κ1) is 27.8. The van der Waals surface area contributed by atoms with Gasteiger partial charge in [-0.1, -0.05) is 93.6 Å². The second-order valence-electron chi connectivity index (χ2n) is 12.8. The van der Waals surface area contributed by atoms with Crippen LogP contribution in [0.15, 0.2) is 150 Å². The second-order valence-corrected chi connectivity index (χ2v) is 12.8. The van der Waals surface area contributed by atoms with E-state index in [1.165, 1.54) is 5.56 Å². The quantitative estimate of drug-likeness (QED) is 0.198. The van der Waals surface area contributed by atoms with Crippen LogP contribution < -0.4 is 4.90 Å². The van der Waals surface area contributed by atoms with E-state index in [2.05, 4.69) is 147 Å². The Morgan fingerprint density at radius 3 is 2.00 bits per heavy atom. The zero-order valence-electron chi connectivity index (χ0n) is 26.1. The Hall–Kier alpha value is -5.74. The molecule has 8 aromatic rings. The molecule has 3 aromatic heterocycles. The summed E-state index contributed by atoms with van der Waals surface area (Å²) in [7, 11) is 0. The lowest BCUT2D eigenvalue weighted by Crippen LogP contribution is -2.11. The first-order valence-corrected chi connectivity index (χ1v) is 15.7. The predicted octanol–water partition coefficient (Wildman–Crippen LogP) is 11.6. The van der Waals surface area contributed by atoms with Crippen molar-refractivity contribution in [3.63, 3.8) is 0 Å². The third kappa shape index (κ3) is 4.89. The maximum absolute atomic E-state index is 6.64. The summed E-state index contributed by atoms with van der Waals surface area (Å²) in [6.45, 7) is 6.70. The molecule has 4 nitrogen and oxygen atoms in total. The van der Waals surface area contributed by atoms with E-state index in [4.69, 9.17) is 14.4 Å². The van der Waals surface area contributed by atoms with E-state index in [1.54, 1.807) is 0 Å². The smallest absolute Gasteiger partial charge is 0.161 e. The van der Waals surface area contributed by atoms with Crippen LogP contribution in [0.5, 0.6) is 0 Å². The molecule has 0 fully saturated rings. The maximum atomic E-state index is 6.64. The van der Waals surface area contributed by atoms with Crippen molar-refractivity contribution in [2.45, 2.75) is 26.2 Å². The fraction of sp³-hybridized carbons (Fsp3) is 0.0952. The molecule has 5 aromatic carbocycles. The summed E-state index contributed by atoms with van der Waals surface area (Å²) in [5.41, 5.74) is 9.97. The molecule has 0 aliphatic heterocycles. The minimum Gasteiger partial charge on any atom is -0.453 e. The average molecular weight is 596 g/mol. The lowest BCUT2D eigenvalue weighted by Gasteiger charge is -2.26. The molecular formula is C42H33N3O. The Morgan fingerprint density at radius 2 is 1.20 bits per heavy atom. The molecule has 0 atom stereocenters. The Labute approximate surface area is 268 Å². The van der Waals surface area contributed by atoms with Crippen molar-refractivity contribution < 1.29 is 4.42 Å². The number of anilines is 3. The van der Waals surface area contributed by atoms with Crippen molar-refractivity contribution in [1.29, 1.82) is 0 Å². The fourth-order valence-electron chi connectivity index (χ4n) is 6.31. The van der Waals surface area contributed by atoms with E-state index in [0.29, 0.717) is 0 Å². The van der Waals surface area contributed by atoms with E-state index in [1.807, 2.05) is 24.5 Å². The summed E-state index contributed by atoms with van der Waals surface area (Å²) in [4.78, 5) is 11.9. The molecular weight excluding hydrogens is 562 g/mol. The molecule has 3 heterocycles. The molecule has 0 radical (unpaired) electrons. The lowest BCUT2D eigenvalue weighted by molar-refractivity contribution is 0.589. The van der Waals surface area contributed by atoms with Gasteiger partial charge in [0.05, 0.1) is 5.69 Å². The Balaban J connectivity index is 1.27.